The average Bonchev–Trinajstić information content (AvgIpc) is 3.19. The van der Waals surface area contributed by atoms with E-state index in [1.165, 1.54) is 11.3 Å². The summed E-state index contributed by atoms with van der Waals surface area (Å²) < 4.78 is 1.91. The van der Waals surface area contributed by atoms with Gasteiger partial charge in [-0.2, -0.15) is 5.10 Å². The first kappa shape index (κ1) is 13.3. The van der Waals surface area contributed by atoms with E-state index in [1.807, 2.05) is 70.9 Å². The number of carbonyl (C=O) groups is 1. The van der Waals surface area contributed by atoms with Crippen LogP contribution in [0, 0.1) is 0 Å². The molecule has 0 aliphatic rings. The maximum absolute atomic E-state index is 12.2. The molecular formula is C16H13N3OS. The number of hydrogen-bond acceptors (Lipinski definition) is 3. The fourth-order valence-corrected chi connectivity index (χ4v) is 2.71. The summed E-state index contributed by atoms with van der Waals surface area (Å²) in [5.41, 5.74) is 4.36. The molecule has 104 valence electrons. The van der Waals surface area contributed by atoms with Gasteiger partial charge in [0.05, 0.1) is 11.9 Å². The second-order valence-electron chi connectivity index (χ2n) is 4.34. The SMILES string of the molecule is O=C(N/N=C/c1ccccc1)c1sccc1-n1cccc1. The maximum Gasteiger partial charge on any atom is 0.283 e. The van der Waals surface area contributed by atoms with Gasteiger partial charge < -0.3 is 4.57 Å². The molecule has 0 bridgehead atoms. The molecule has 1 N–H and O–H groups in total. The molecule has 0 fully saturated rings. The summed E-state index contributed by atoms with van der Waals surface area (Å²) in [6.07, 6.45) is 5.44. The van der Waals surface area contributed by atoms with Crippen LogP contribution in [-0.2, 0) is 0 Å². The Morgan fingerprint density at radius 3 is 2.62 bits per heavy atom. The van der Waals surface area contributed by atoms with Crippen LogP contribution >= 0.6 is 11.3 Å². The van der Waals surface area contributed by atoms with Gasteiger partial charge in [-0.15, -0.1) is 11.3 Å². The smallest absolute Gasteiger partial charge is 0.283 e. The Hall–Kier alpha value is -2.66. The van der Waals surface area contributed by atoms with Gasteiger partial charge in [0.15, 0.2) is 0 Å². The Bertz CT molecular complexity index is 745. The van der Waals surface area contributed by atoms with Gasteiger partial charge in [0.25, 0.3) is 5.91 Å². The van der Waals surface area contributed by atoms with E-state index in [9.17, 15) is 4.79 Å². The lowest BCUT2D eigenvalue weighted by atomic mass is 10.2. The molecule has 0 saturated heterocycles. The van der Waals surface area contributed by atoms with Crippen LogP contribution < -0.4 is 5.43 Å². The minimum atomic E-state index is -0.208. The molecule has 2 aromatic heterocycles. The molecule has 0 atom stereocenters. The quantitative estimate of drug-likeness (QED) is 0.582. The van der Waals surface area contributed by atoms with Crippen LogP contribution in [0.4, 0.5) is 0 Å². The lowest BCUT2D eigenvalue weighted by Gasteiger charge is -2.03. The first-order valence-corrected chi connectivity index (χ1v) is 7.32. The third-order valence-corrected chi connectivity index (χ3v) is 3.81. The van der Waals surface area contributed by atoms with E-state index in [1.54, 1.807) is 6.21 Å². The molecule has 0 saturated carbocycles. The molecular weight excluding hydrogens is 282 g/mol. The molecule has 4 nitrogen and oxygen atoms in total. The van der Waals surface area contributed by atoms with Crippen molar-refractivity contribution in [2.24, 2.45) is 5.10 Å². The van der Waals surface area contributed by atoms with Gasteiger partial charge in [-0.25, -0.2) is 5.43 Å². The molecule has 3 aromatic rings. The zero-order chi connectivity index (χ0) is 14.5. The summed E-state index contributed by atoms with van der Waals surface area (Å²) >= 11 is 1.40. The number of rotatable bonds is 4. The highest BCUT2D eigenvalue weighted by atomic mass is 32.1. The van der Waals surface area contributed by atoms with Crippen molar-refractivity contribution in [1.29, 1.82) is 0 Å². The Balaban J connectivity index is 1.72. The topological polar surface area (TPSA) is 46.4 Å². The van der Waals surface area contributed by atoms with E-state index in [2.05, 4.69) is 10.5 Å². The largest absolute Gasteiger partial charge is 0.322 e. The second kappa shape index (κ2) is 6.19. The molecule has 0 aliphatic heterocycles. The van der Waals surface area contributed by atoms with Gasteiger partial charge in [0, 0.05) is 12.4 Å². The van der Waals surface area contributed by atoms with Crippen LogP contribution in [0.2, 0.25) is 0 Å². The number of nitrogens with zero attached hydrogens (tertiary/aromatic N) is 2. The van der Waals surface area contributed by atoms with Crippen molar-refractivity contribution in [2.45, 2.75) is 0 Å². The summed E-state index contributed by atoms with van der Waals surface area (Å²) in [5, 5.41) is 5.89. The van der Waals surface area contributed by atoms with Crippen molar-refractivity contribution >= 4 is 23.5 Å². The summed E-state index contributed by atoms with van der Waals surface area (Å²) in [6, 6.07) is 15.4. The van der Waals surface area contributed by atoms with E-state index >= 15 is 0 Å². The van der Waals surface area contributed by atoms with Gasteiger partial charge in [0.1, 0.15) is 4.88 Å². The Labute approximate surface area is 126 Å². The fraction of sp³-hybridized carbons (Fsp3) is 0. The van der Waals surface area contributed by atoms with Crippen LogP contribution in [0.15, 0.2) is 71.4 Å². The Morgan fingerprint density at radius 2 is 1.86 bits per heavy atom. The standard InChI is InChI=1S/C16H13N3OS/c20-16(18-17-12-13-6-2-1-3-7-13)15-14(8-11-21-15)19-9-4-5-10-19/h1-12H,(H,18,20)/b17-12+. The molecule has 0 aliphatic carbocycles. The summed E-state index contributed by atoms with van der Waals surface area (Å²) in [4.78, 5) is 12.8. The van der Waals surface area contributed by atoms with E-state index in [-0.39, 0.29) is 5.91 Å². The van der Waals surface area contributed by atoms with E-state index < -0.39 is 0 Å². The van der Waals surface area contributed by atoms with Gasteiger partial charge in [-0.3, -0.25) is 4.79 Å². The van der Waals surface area contributed by atoms with E-state index in [0.29, 0.717) is 4.88 Å². The number of nitrogens with one attached hydrogen (secondary N) is 1. The highest BCUT2D eigenvalue weighted by Gasteiger charge is 2.13. The summed E-state index contributed by atoms with van der Waals surface area (Å²) in [5.74, 6) is -0.208. The molecule has 1 aromatic carbocycles. The van der Waals surface area contributed by atoms with Crippen LogP contribution in [0.1, 0.15) is 15.2 Å². The van der Waals surface area contributed by atoms with Crippen molar-refractivity contribution in [3.8, 4) is 5.69 Å². The van der Waals surface area contributed by atoms with Crippen LogP contribution in [0.3, 0.4) is 0 Å². The highest BCUT2D eigenvalue weighted by molar-refractivity contribution is 7.12. The van der Waals surface area contributed by atoms with Crippen LogP contribution in [0.5, 0.6) is 0 Å². The summed E-state index contributed by atoms with van der Waals surface area (Å²) in [6.45, 7) is 0. The number of amides is 1. The van der Waals surface area contributed by atoms with Crippen LogP contribution in [-0.4, -0.2) is 16.7 Å². The predicted octanol–water partition coefficient (Wildman–Crippen LogP) is 3.30. The Morgan fingerprint density at radius 1 is 1.10 bits per heavy atom. The molecule has 0 spiro atoms. The maximum atomic E-state index is 12.2. The molecule has 21 heavy (non-hydrogen) atoms. The molecule has 0 unspecified atom stereocenters. The Kier molecular flexibility index (Phi) is 3.93. The number of benzene rings is 1. The second-order valence-corrected chi connectivity index (χ2v) is 5.25. The molecule has 5 heteroatoms. The molecule has 0 radical (unpaired) electrons. The first-order valence-electron chi connectivity index (χ1n) is 6.44. The zero-order valence-corrected chi connectivity index (χ0v) is 12.0. The monoisotopic (exact) mass is 295 g/mol. The molecule has 1 amide bonds. The minimum absolute atomic E-state index is 0.208. The van der Waals surface area contributed by atoms with Gasteiger partial charge >= 0.3 is 0 Å². The molecule has 2 heterocycles. The lowest BCUT2D eigenvalue weighted by Crippen LogP contribution is -2.17. The predicted molar refractivity (Wildman–Crippen MR) is 85.1 cm³/mol. The normalized spacial score (nSPS) is 10.9. The minimum Gasteiger partial charge on any atom is -0.322 e. The average molecular weight is 295 g/mol. The summed E-state index contributed by atoms with van der Waals surface area (Å²) in [7, 11) is 0. The van der Waals surface area contributed by atoms with Gasteiger partial charge in [-0.1, -0.05) is 30.3 Å². The third kappa shape index (κ3) is 3.09. The zero-order valence-electron chi connectivity index (χ0n) is 11.1. The van der Waals surface area contributed by atoms with Crippen molar-refractivity contribution in [2.75, 3.05) is 0 Å². The number of hydrazone groups is 1. The molecule has 3 rings (SSSR count). The third-order valence-electron chi connectivity index (χ3n) is 2.91. The van der Waals surface area contributed by atoms with Crippen LogP contribution in [0.25, 0.3) is 5.69 Å². The number of hydrogen-bond donors (Lipinski definition) is 1. The number of aromatic nitrogens is 1. The van der Waals surface area contributed by atoms with Crippen molar-refractivity contribution in [3.63, 3.8) is 0 Å². The highest BCUT2D eigenvalue weighted by Crippen LogP contribution is 2.21. The van der Waals surface area contributed by atoms with E-state index in [4.69, 9.17) is 0 Å². The van der Waals surface area contributed by atoms with Crippen molar-refractivity contribution in [1.82, 2.24) is 9.99 Å². The van der Waals surface area contributed by atoms with Crippen molar-refractivity contribution < 1.29 is 4.79 Å². The fourth-order valence-electron chi connectivity index (χ4n) is 1.93. The lowest BCUT2D eigenvalue weighted by molar-refractivity contribution is 0.0959. The van der Waals surface area contributed by atoms with E-state index in [0.717, 1.165) is 11.3 Å². The number of thiophene rings is 1. The van der Waals surface area contributed by atoms with Crippen molar-refractivity contribution in [3.05, 3.63) is 76.7 Å². The van der Waals surface area contributed by atoms with Gasteiger partial charge in [-0.05, 0) is 29.1 Å². The number of carbonyl (C=O) groups excluding carboxylic acids is 1. The van der Waals surface area contributed by atoms with Gasteiger partial charge in [0.2, 0.25) is 0 Å². The first-order chi connectivity index (χ1) is 10.3.